The van der Waals surface area contributed by atoms with Gasteiger partial charge in [0.2, 0.25) is 0 Å². The van der Waals surface area contributed by atoms with Crippen molar-refractivity contribution in [1.29, 1.82) is 21.0 Å². The molecule has 0 bridgehead atoms. The Morgan fingerprint density at radius 2 is 1.30 bits per heavy atom. The Labute approximate surface area is 251 Å². The van der Waals surface area contributed by atoms with Crippen molar-refractivity contribution in [2.75, 3.05) is 46.8 Å². The first-order valence-electron chi connectivity index (χ1n) is 12.8. The van der Waals surface area contributed by atoms with E-state index in [-0.39, 0.29) is 25.7 Å². The van der Waals surface area contributed by atoms with E-state index in [2.05, 4.69) is 0 Å². The average molecular weight is 660 g/mol. The van der Waals surface area contributed by atoms with E-state index in [1.807, 2.05) is 4.98 Å². The van der Waals surface area contributed by atoms with Crippen molar-refractivity contribution in [3.8, 4) is 24.3 Å². The van der Waals surface area contributed by atoms with E-state index >= 15 is 0 Å². The number of nitrogens with zero attached hydrogens (tertiary/aromatic N) is 5. The molecule has 1 saturated heterocycles. The molecule has 44 heavy (non-hydrogen) atoms. The fourth-order valence-corrected chi connectivity index (χ4v) is 6.07. The van der Waals surface area contributed by atoms with Crippen LogP contribution in [0.1, 0.15) is 31.9 Å². The number of H-pyrrole nitrogens is 1. The lowest BCUT2D eigenvalue weighted by Gasteiger charge is -2.33. The quantitative estimate of drug-likeness (QED) is 0.146. The second kappa shape index (κ2) is 17.9. The van der Waals surface area contributed by atoms with Crippen molar-refractivity contribution in [1.82, 2.24) is 9.55 Å². The predicted molar refractivity (Wildman–Crippen MR) is 143 cm³/mol. The van der Waals surface area contributed by atoms with Gasteiger partial charge in [-0.1, -0.05) is 0 Å². The number of nitrogens with one attached hydrogen (secondary N) is 1. The summed E-state index contributed by atoms with van der Waals surface area (Å²) in [4.78, 5) is 26.2. The van der Waals surface area contributed by atoms with Gasteiger partial charge in [-0.3, -0.25) is 41.5 Å². The van der Waals surface area contributed by atoms with Crippen LogP contribution < -0.4 is 11.2 Å². The van der Waals surface area contributed by atoms with Gasteiger partial charge in [0, 0.05) is 19.4 Å². The maximum Gasteiger partial charge on any atom is 0.474 e. The summed E-state index contributed by atoms with van der Waals surface area (Å²) in [7, 11) is -7.94. The maximum atomic E-state index is 13.4. The summed E-state index contributed by atoms with van der Waals surface area (Å²) in [6, 6.07) is 8.11. The van der Waals surface area contributed by atoms with E-state index in [0.717, 1.165) is 16.8 Å². The van der Waals surface area contributed by atoms with Crippen LogP contribution in [0.2, 0.25) is 0 Å². The van der Waals surface area contributed by atoms with Crippen LogP contribution in [0.25, 0.3) is 0 Å². The molecule has 0 aromatic carbocycles. The van der Waals surface area contributed by atoms with Crippen LogP contribution in [-0.2, 0) is 45.7 Å². The normalized spacial score (nSPS) is 19.5. The monoisotopic (exact) mass is 660 g/mol. The van der Waals surface area contributed by atoms with E-state index in [9.17, 15) is 23.8 Å². The summed E-state index contributed by atoms with van der Waals surface area (Å²) in [5.41, 5.74) is -3.89. The van der Waals surface area contributed by atoms with Crippen molar-refractivity contribution in [3.05, 3.63) is 33.1 Å². The number of aliphatic hydroxyl groups is 1. The average Bonchev–Trinajstić information content (AvgIpc) is 3.27. The van der Waals surface area contributed by atoms with Crippen LogP contribution in [-0.4, -0.2) is 79.2 Å². The molecule has 240 valence electrons. The summed E-state index contributed by atoms with van der Waals surface area (Å²) in [5.74, 6) is 0. The highest BCUT2D eigenvalue weighted by molar-refractivity contribution is 7.48. The van der Waals surface area contributed by atoms with Gasteiger partial charge in [0.15, 0.2) is 6.23 Å². The number of hydrogen-bond donors (Lipinski definition) is 2. The van der Waals surface area contributed by atoms with Crippen molar-refractivity contribution < 1.29 is 50.9 Å². The van der Waals surface area contributed by atoms with E-state index in [1.54, 1.807) is 24.3 Å². The van der Waals surface area contributed by atoms with Crippen LogP contribution in [0.4, 0.5) is 0 Å². The van der Waals surface area contributed by atoms with Gasteiger partial charge < -0.3 is 14.6 Å². The zero-order valence-electron chi connectivity index (χ0n) is 23.4. The van der Waals surface area contributed by atoms with Crippen molar-refractivity contribution in [2.45, 2.75) is 49.7 Å². The molecule has 2 rings (SSSR count). The first-order valence-corrected chi connectivity index (χ1v) is 15.7. The third kappa shape index (κ3) is 10.4. The number of methoxy groups -OCH3 is 1. The lowest BCUT2D eigenvalue weighted by Crippen LogP contribution is -2.50. The van der Waals surface area contributed by atoms with Crippen LogP contribution in [0, 0.1) is 45.3 Å². The fraction of sp³-hybridized carbons (Fsp3) is 0.652. The molecule has 21 heteroatoms. The van der Waals surface area contributed by atoms with Gasteiger partial charge in [-0.15, -0.1) is 0 Å². The molecule has 0 amide bonds. The van der Waals surface area contributed by atoms with Crippen LogP contribution >= 0.6 is 15.6 Å². The summed E-state index contributed by atoms with van der Waals surface area (Å²) in [5, 5.41) is 46.7. The number of rotatable bonds is 20. The Bertz CT molecular complexity index is 1360. The van der Waals surface area contributed by atoms with E-state index in [0.29, 0.717) is 0 Å². The second-order valence-electron chi connectivity index (χ2n) is 8.64. The standard InChI is InChI=1S/C23H30N6O13P2/c1-35-19-20(31)23(42-21(19)29-11-6-18(30)28-22(29)32,16-40-43(33,36-12-2-7-24)37-13-3-8-25)17-41-44(34,38-14-4-9-26)39-15-5-10-27/h6,11,19-21,31H,2-5,12-17H2,1H3,(H,28,30,32)/t19?,20-,21?/m1/s1. The molecule has 2 unspecified atom stereocenters. The Balaban J connectivity index is 2.50. The van der Waals surface area contributed by atoms with E-state index in [4.69, 9.17) is 57.7 Å². The number of hydrogen-bond acceptors (Lipinski definition) is 17. The summed E-state index contributed by atoms with van der Waals surface area (Å²) in [6.07, 6.45) is -4.48. The number of phosphoric ester groups is 2. The van der Waals surface area contributed by atoms with Crippen LogP contribution in [0.15, 0.2) is 21.9 Å². The molecule has 0 saturated carbocycles. The molecular formula is C23H30N6O13P2. The number of phosphoric acid groups is 2. The van der Waals surface area contributed by atoms with Gasteiger partial charge in [-0.25, -0.2) is 13.9 Å². The summed E-state index contributed by atoms with van der Waals surface area (Å²) < 4.78 is 70.4. The number of ether oxygens (including phenoxy) is 2. The first kappa shape index (κ1) is 36.9. The first-order chi connectivity index (χ1) is 21.0. The second-order valence-corrected chi connectivity index (χ2v) is 12.0. The van der Waals surface area contributed by atoms with Gasteiger partial charge in [0.25, 0.3) is 5.56 Å². The minimum absolute atomic E-state index is 0.214. The van der Waals surface area contributed by atoms with Crippen molar-refractivity contribution in [3.63, 3.8) is 0 Å². The molecule has 19 nitrogen and oxygen atoms in total. The Morgan fingerprint density at radius 1 is 0.864 bits per heavy atom. The molecule has 2 heterocycles. The van der Waals surface area contributed by atoms with Crippen LogP contribution in [0.5, 0.6) is 0 Å². The maximum absolute atomic E-state index is 13.4. The molecule has 1 aliphatic heterocycles. The third-order valence-electron chi connectivity index (χ3n) is 5.67. The molecule has 2 N–H and O–H groups in total. The topological polar surface area (TPSA) is 278 Å². The molecule has 0 spiro atoms. The number of nitriles is 4. The van der Waals surface area contributed by atoms with Gasteiger partial charge in [-0.05, 0) is 0 Å². The molecular weight excluding hydrogens is 630 g/mol. The van der Waals surface area contributed by atoms with Gasteiger partial charge in [0.05, 0.1) is 89.6 Å². The SMILES string of the molecule is COC1C(n2ccc(=O)[nH]c2=O)OC(COP(=O)(OCCC#N)OCCC#N)(COP(=O)(OCCC#N)OCCC#N)[C@@H]1O. The Morgan fingerprint density at radius 3 is 1.66 bits per heavy atom. The minimum Gasteiger partial charge on any atom is -0.387 e. The molecule has 1 aromatic heterocycles. The molecule has 1 aliphatic rings. The van der Waals surface area contributed by atoms with Gasteiger partial charge in [-0.2, -0.15) is 21.0 Å². The molecule has 1 aromatic rings. The fourth-order valence-electron chi connectivity index (χ4n) is 3.61. The Kier molecular flexibility index (Phi) is 15.0. The smallest absolute Gasteiger partial charge is 0.387 e. The summed E-state index contributed by atoms with van der Waals surface area (Å²) >= 11 is 0. The zero-order valence-corrected chi connectivity index (χ0v) is 25.2. The van der Waals surface area contributed by atoms with Gasteiger partial charge in [0.1, 0.15) is 17.8 Å². The lowest BCUT2D eigenvalue weighted by atomic mass is 9.97. The molecule has 0 radical (unpaired) electrons. The van der Waals surface area contributed by atoms with Crippen molar-refractivity contribution in [2.24, 2.45) is 0 Å². The molecule has 1 fully saturated rings. The van der Waals surface area contributed by atoms with Crippen molar-refractivity contribution >= 4 is 15.6 Å². The molecule has 0 aliphatic carbocycles. The lowest BCUT2D eigenvalue weighted by molar-refractivity contribution is -0.148. The van der Waals surface area contributed by atoms with E-state index in [1.165, 1.54) is 7.11 Å². The highest BCUT2D eigenvalue weighted by atomic mass is 31.2. The van der Waals surface area contributed by atoms with Gasteiger partial charge >= 0.3 is 21.3 Å². The molecule has 3 atom stereocenters. The number of aliphatic hydroxyl groups excluding tert-OH is 1. The Hall–Kier alpha value is -3.26. The zero-order chi connectivity index (χ0) is 32.6. The largest absolute Gasteiger partial charge is 0.474 e. The predicted octanol–water partition coefficient (Wildman–Crippen LogP) is 1.15. The number of aromatic amines is 1. The highest BCUT2D eigenvalue weighted by Crippen LogP contribution is 2.54. The highest BCUT2D eigenvalue weighted by Gasteiger charge is 2.58. The summed E-state index contributed by atoms with van der Waals surface area (Å²) in [6.45, 7) is -3.46. The number of aromatic nitrogens is 2. The minimum atomic E-state index is -4.55. The third-order valence-corrected chi connectivity index (χ3v) is 8.56. The van der Waals surface area contributed by atoms with Crippen LogP contribution in [0.3, 0.4) is 0 Å². The van der Waals surface area contributed by atoms with E-state index < -0.39 is 90.6 Å².